The molecule has 1 aromatic heterocycles. The van der Waals surface area contributed by atoms with Crippen LogP contribution in [0.25, 0.3) is 5.69 Å². The number of ether oxygens (including phenoxy) is 1. The van der Waals surface area contributed by atoms with E-state index >= 15 is 0 Å². The monoisotopic (exact) mass is 333 g/mol. The average molecular weight is 333 g/mol. The molecule has 0 bridgehead atoms. The van der Waals surface area contributed by atoms with Crippen LogP contribution in [0, 0.1) is 4.77 Å². The maximum atomic E-state index is 5.63. The molecule has 0 radical (unpaired) electrons. The number of hydrogen-bond donors (Lipinski definition) is 1. The van der Waals surface area contributed by atoms with Gasteiger partial charge in [0.25, 0.3) is 0 Å². The number of aromatic nitrogens is 3. The van der Waals surface area contributed by atoms with Gasteiger partial charge in [-0.1, -0.05) is 12.5 Å². The van der Waals surface area contributed by atoms with Crippen molar-refractivity contribution in [3.05, 3.63) is 35.4 Å². The SMILES string of the molecule is COc1cccc(-n2cnn(C[NH+]3CCCCCCC3)c2=S)c1. The first kappa shape index (κ1) is 16.2. The molecular weight excluding hydrogens is 308 g/mol. The smallest absolute Gasteiger partial charge is 0.207 e. The van der Waals surface area contributed by atoms with Crippen LogP contribution in [0.2, 0.25) is 0 Å². The molecule has 1 N–H and O–H groups in total. The molecule has 0 amide bonds. The quantitative estimate of drug-likeness (QED) is 0.872. The van der Waals surface area contributed by atoms with Gasteiger partial charge in [-0.3, -0.25) is 4.57 Å². The van der Waals surface area contributed by atoms with Gasteiger partial charge in [-0.05, 0) is 50.0 Å². The Balaban J connectivity index is 1.77. The van der Waals surface area contributed by atoms with Gasteiger partial charge in [-0.25, -0.2) is 0 Å². The molecule has 1 saturated heterocycles. The predicted octanol–water partition coefficient (Wildman–Crippen LogP) is 2.22. The average Bonchev–Trinajstić information content (AvgIpc) is 2.91. The maximum Gasteiger partial charge on any atom is 0.207 e. The summed E-state index contributed by atoms with van der Waals surface area (Å²) in [5.41, 5.74) is 0.989. The second-order valence-electron chi connectivity index (χ2n) is 6.16. The van der Waals surface area contributed by atoms with Crippen molar-refractivity contribution in [1.29, 1.82) is 0 Å². The molecule has 1 aliphatic heterocycles. The number of nitrogens with one attached hydrogen (secondary N) is 1. The van der Waals surface area contributed by atoms with Gasteiger partial charge < -0.3 is 9.64 Å². The fraction of sp³-hybridized carbons (Fsp3) is 0.529. The lowest BCUT2D eigenvalue weighted by atomic mass is 10.1. The van der Waals surface area contributed by atoms with Gasteiger partial charge in [-0.15, -0.1) is 0 Å². The Morgan fingerprint density at radius 3 is 2.65 bits per heavy atom. The minimum absolute atomic E-state index is 0.743. The van der Waals surface area contributed by atoms with Gasteiger partial charge in [0.2, 0.25) is 4.77 Å². The minimum atomic E-state index is 0.743. The Labute approximate surface area is 142 Å². The molecule has 0 unspecified atom stereocenters. The largest absolute Gasteiger partial charge is 0.497 e. The molecule has 1 aliphatic rings. The van der Waals surface area contributed by atoms with Gasteiger partial charge in [0, 0.05) is 6.07 Å². The molecule has 2 aromatic rings. The Morgan fingerprint density at radius 2 is 1.91 bits per heavy atom. The van der Waals surface area contributed by atoms with E-state index < -0.39 is 0 Å². The highest BCUT2D eigenvalue weighted by Gasteiger charge is 2.14. The van der Waals surface area contributed by atoms with Gasteiger partial charge in [0.15, 0.2) is 6.67 Å². The summed E-state index contributed by atoms with van der Waals surface area (Å²) in [7, 11) is 1.67. The molecule has 124 valence electrons. The lowest BCUT2D eigenvalue weighted by Gasteiger charge is -2.21. The molecule has 5 nitrogen and oxygen atoms in total. The fourth-order valence-electron chi connectivity index (χ4n) is 3.16. The first-order chi connectivity index (χ1) is 11.3. The normalized spacial score (nSPS) is 16.7. The van der Waals surface area contributed by atoms with Crippen LogP contribution >= 0.6 is 12.2 Å². The zero-order valence-corrected chi connectivity index (χ0v) is 14.5. The summed E-state index contributed by atoms with van der Waals surface area (Å²) in [4.78, 5) is 1.58. The summed E-state index contributed by atoms with van der Waals surface area (Å²) in [6.45, 7) is 3.29. The standard InChI is InChI=1S/C17H24N4OS/c1-22-16-9-7-8-15(12-16)20-13-18-21(17(20)23)14-19-10-5-3-2-4-6-11-19/h7-9,12-13H,2-6,10-11,14H2,1H3/p+1. The molecule has 6 heteroatoms. The Hall–Kier alpha value is -1.66. The fourth-order valence-corrected chi connectivity index (χ4v) is 3.42. The summed E-state index contributed by atoms with van der Waals surface area (Å²) in [5.74, 6) is 0.826. The van der Waals surface area contributed by atoms with Crippen LogP contribution in [0.4, 0.5) is 0 Å². The van der Waals surface area contributed by atoms with Crippen LogP contribution in [0.15, 0.2) is 30.6 Å². The van der Waals surface area contributed by atoms with Gasteiger partial charge >= 0.3 is 0 Å². The summed E-state index contributed by atoms with van der Waals surface area (Å²) in [5, 5.41) is 4.51. The van der Waals surface area contributed by atoms with Crippen molar-refractivity contribution < 1.29 is 9.64 Å². The molecule has 0 atom stereocenters. The van der Waals surface area contributed by atoms with Crippen molar-refractivity contribution in [3.63, 3.8) is 0 Å². The van der Waals surface area contributed by atoms with E-state index in [1.807, 2.05) is 33.5 Å². The second-order valence-corrected chi connectivity index (χ2v) is 6.53. The minimum Gasteiger partial charge on any atom is -0.497 e. The van der Waals surface area contributed by atoms with E-state index in [1.165, 1.54) is 45.2 Å². The number of likely N-dealkylation sites (tertiary alicyclic amines) is 1. The Kier molecular flexibility index (Phi) is 5.46. The highest BCUT2D eigenvalue weighted by atomic mass is 32.1. The molecule has 0 aliphatic carbocycles. The number of hydrogen-bond acceptors (Lipinski definition) is 3. The first-order valence-electron chi connectivity index (χ1n) is 8.40. The molecule has 3 rings (SSSR count). The number of nitrogens with zero attached hydrogens (tertiary/aromatic N) is 3. The third-order valence-electron chi connectivity index (χ3n) is 4.50. The third-order valence-corrected chi connectivity index (χ3v) is 4.91. The van der Waals surface area contributed by atoms with E-state index in [4.69, 9.17) is 17.0 Å². The van der Waals surface area contributed by atoms with Crippen LogP contribution in [-0.2, 0) is 6.67 Å². The lowest BCUT2D eigenvalue weighted by Crippen LogP contribution is -3.11. The summed E-state index contributed by atoms with van der Waals surface area (Å²) < 4.78 is 9.93. The van der Waals surface area contributed by atoms with E-state index in [0.29, 0.717) is 0 Å². The highest BCUT2D eigenvalue weighted by Crippen LogP contribution is 2.16. The van der Waals surface area contributed by atoms with E-state index in [9.17, 15) is 0 Å². The second kappa shape index (κ2) is 7.75. The number of methoxy groups -OCH3 is 1. The number of rotatable bonds is 4. The molecule has 2 heterocycles. The molecule has 0 spiro atoms. The maximum absolute atomic E-state index is 5.63. The van der Waals surface area contributed by atoms with Gasteiger partial charge in [-0.2, -0.15) is 9.78 Å². The lowest BCUT2D eigenvalue weighted by molar-refractivity contribution is -0.924. The van der Waals surface area contributed by atoms with Gasteiger partial charge in [0.1, 0.15) is 12.1 Å². The molecule has 1 fully saturated rings. The van der Waals surface area contributed by atoms with Crippen LogP contribution < -0.4 is 9.64 Å². The van der Waals surface area contributed by atoms with Crippen LogP contribution in [0.1, 0.15) is 32.1 Å². The van der Waals surface area contributed by atoms with Crippen molar-refractivity contribution in [3.8, 4) is 11.4 Å². The number of quaternary nitrogens is 1. The van der Waals surface area contributed by atoms with Crippen molar-refractivity contribution in [2.45, 2.75) is 38.8 Å². The highest BCUT2D eigenvalue weighted by molar-refractivity contribution is 7.71. The molecule has 1 aromatic carbocycles. The molecular formula is C17H25N4OS+. The first-order valence-corrected chi connectivity index (χ1v) is 8.81. The zero-order valence-electron chi connectivity index (χ0n) is 13.7. The topological polar surface area (TPSA) is 36.4 Å². The Bertz CT molecular complexity index is 686. The van der Waals surface area contributed by atoms with Crippen LogP contribution in [-0.4, -0.2) is 34.5 Å². The predicted molar refractivity (Wildman–Crippen MR) is 92.7 cm³/mol. The summed E-state index contributed by atoms with van der Waals surface area (Å²) in [6, 6.07) is 7.90. The molecule has 23 heavy (non-hydrogen) atoms. The van der Waals surface area contributed by atoms with Crippen molar-refractivity contribution in [2.24, 2.45) is 0 Å². The van der Waals surface area contributed by atoms with Crippen LogP contribution in [0.3, 0.4) is 0 Å². The van der Waals surface area contributed by atoms with E-state index in [0.717, 1.165) is 22.9 Å². The van der Waals surface area contributed by atoms with E-state index in [-0.39, 0.29) is 0 Å². The van der Waals surface area contributed by atoms with Crippen molar-refractivity contribution >= 4 is 12.2 Å². The number of benzene rings is 1. The third kappa shape index (κ3) is 4.00. The van der Waals surface area contributed by atoms with Gasteiger partial charge in [0.05, 0.1) is 25.9 Å². The summed E-state index contributed by atoms with van der Waals surface area (Å²) >= 11 is 5.63. The van der Waals surface area contributed by atoms with Crippen molar-refractivity contribution in [1.82, 2.24) is 14.3 Å². The van der Waals surface area contributed by atoms with Crippen molar-refractivity contribution in [2.75, 3.05) is 20.2 Å². The molecule has 0 saturated carbocycles. The van der Waals surface area contributed by atoms with E-state index in [1.54, 1.807) is 18.3 Å². The zero-order chi connectivity index (χ0) is 16.1. The Morgan fingerprint density at radius 1 is 1.17 bits per heavy atom. The summed E-state index contributed by atoms with van der Waals surface area (Å²) in [6.07, 6.45) is 8.51. The van der Waals surface area contributed by atoms with E-state index in [2.05, 4.69) is 5.10 Å². The van der Waals surface area contributed by atoms with Crippen LogP contribution in [0.5, 0.6) is 5.75 Å².